The molecule has 1 aromatic carbocycles. The van der Waals surface area contributed by atoms with Gasteiger partial charge in [-0.1, -0.05) is 29.5 Å². The monoisotopic (exact) mass is 337 g/mol. The Labute approximate surface area is 136 Å². The van der Waals surface area contributed by atoms with Gasteiger partial charge in [-0.05, 0) is 31.3 Å². The number of carbonyl (C=O) groups excluding carboxylic acids is 1. The van der Waals surface area contributed by atoms with Gasteiger partial charge in [0.2, 0.25) is 5.88 Å². The zero-order chi connectivity index (χ0) is 15.9. The molecule has 0 aliphatic carbocycles. The Balaban J connectivity index is 1.87. The lowest BCUT2D eigenvalue weighted by molar-refractivity contribution is -0.123. The molecule has 8 heteroatoms. The molecular formula is C14H15N3O3S2. The molecule has 1 amide bonds. The van der Waals surface area contributed by atoms with Gasteiger partial charge in [0.1, 0.15) is 10.6 Å². The molecule has 0 aliphatic rings. The van der Waals surface area contributed by atoms with Crippen LogP contribution in [0.1, 0.15) is 11.8 Å². The van der Waals surface area contributed by atoms with Crippen molar-refractivity contribution in [3.05, 3.63) is 39.2 Å². The van der Waals surface area contributed by atoms with Crippen LogP contribution in [0.15, 0.2) is 35.4 Å². The second-order valence-corrected chi connectivity index (χ2v) is 5.87. The summed E-state index contributed by atoms with van der Waals surface area (Å²) in [5.41, 5.74) is 2.33. The normalized spacial score (nSPS) is 10.8. The number of para-hydroxylation sites is 1. The molecule has 0 atom stereocenters. The second-order valence-electron chi connectivity index (χ2n) is 4.19. The Morgan fingerprint density at radius 2 is 2.23 bits per heavy atom. The molecule has 2 N–H and O–H groups in total. The van der Waals surface area contributed by atoms with Gasteiger partial charge in [-0.3, -0.25) is 9.36 Å². The highest BCUT2D eigenvalue weighted by atomic mass is 32.1. The molecular weight excluding hydrogens is 322 g/mol. The van der Waals surface area contributed by atoms with E-state index < -0.39 is 5.91 Å². The number of carbonyl (C=O) groups is 1. The second kappa shape index (κ2) is 7.71. The van der Waals surface area contributed by atoms with E-state index in [-0.39, 0.29) is 12.5 Å². The first-order valence-electron chi connectivity index (χ1n) is 6.54. The third-order valence-electron chi connectivity index (χ3n) is 2.69. The maximum absolute atomic E-state index is 11.6. The van der Waals surface area contributed by atoms with E-state index in [4.69, 9.17) is 17.0 Å². The quantitative estimate of drug-likeness (QED) is 0.482. The maximum atomic E-state index is 11.6. The van der Waals surface area contributed by atoms with Crippen LogP contribution in [0.3, 0.4) is 0 Å². The molecule has 1 heterocycles. The summed E-state index contributed by atoms with van der Waals surface area (Å²) in [6.45, 7) is 2.32. The number of amides is 1. The van der Waals surface area contributed by atoms with Crippen LogP contribution in [0.5, 0.6) is 11.6 Å². The minimum Gasteiger partial charge on any atom is -0.493 e. The van der Waals surface area contributed by atoms with Gasteiger partial charge < -0.3 is 9.84 Å². The number of benzene rings is 1. The predicted octanol–water partition coefficient (Wildman–Crippen LogP) is 2.53. The van der Waals surface area contributed by atoms with Crippen molar-refractivity contribution in [2.75, 3.05) is 6.61 Å². The van der Waals surface area contributed by atoms with Gasteiger partial charge in [0.05, 0.1) is 6.21 Å². The lowest BCUT2D eigenvalue weighted by Gasteiger charge is -2.03. The first-order valence-corrected chi connectivity index (χ1v) is 7.76. The number of hydrogen-bond acceptors (Lipinski definition) is 6. The largest absolute Gasteiger partial charge is 0.493 e. The van der Waals surface area contributed by atoms with Gasteiger partial charge in [0, 0.05) is 6.54 Å². The van der Waals surface area contributed by atoms with Crippen LogP contribution in [0.25, 0.3) is 0 Å². The Kier molecular flexibility index (Phi) is 5.68. The van der Waals surface area contributed by atoms with E-state index in [0.29, 0.717) is 21.1 Å². The minimum atomic E-state index is -0.391. The number of rotatable bonds is 6. The lowest BCUT2D eigenvalue weighted by atomic mass is 10.3. The molecule has 0 bridgehead atoms. The highest BCUT2D eigenvalue weighted by molar-refractivity contribution is 7.73. The van der Waals surface area contributed by atoms with Crippen LogP contribution in [0.4, 0.5) is 0 Å². The molecule has 6 nitrogen and oxygen atoms in total. The van der Waals surface area contributed by atoms with Crippen LogP contribution >= 0.6 is 23.6 Å². The van der Waals surface area contributed by atoms with E-state index in [9.17, 15) is 9.90 Å². The summed E-state index contributed by atoms with van der Waals surface area (Å²) in [5, 5.41) is 13.7. The van der Waals surface area contributed by atoms with Crippen molar-refractivity contribution in [1.29, 1.82) is 0 Å². The fourth-order valence-electron chi connectivity index (χ4n) is 1.64. The Hall–Kier alpha value is -2.19. The third-order valence-corrected chi connectivity index (χ3v) is 4.07. The Morgan fingerprint density at radius 1 is 1.50 bits per heavy atom. The topological polar surface area (TPSA) is 75.9 Å². The number of aromatic hydroxyl groups is 1. The molecule has 116 valence electrons. The minimum absolute atomic E-state index is 0.0519. The highest BCUT2D eigenvalue weighted by Gasteiger charge is 2.08. The zero-order valence-corrected chi connectivity index (χ0v) is 13.5. The van der Waals surface area contributed by atoms with Crippen molar-refractivity contribution >= 4 is 35.7 Å². The van der Waals surface area contributed by atoms with E-state index >= 15 is 0 Å². The van der Waals surface area contributed by atoms with Crippen LogP contribution in [-0.2, 0) is 11.3 Å². The van der Waals surface area contributed by atoms with E-state index in [1.165, 1.54) is 17.6 Å². The van der Waals surface area contributed by atoms with Crippen LogP contribution in [0.2, 0.25) is 0 Å². The third kappa shape index (κ3) is 4.15. The molecule has 2 rings (SSSR count). The summed E-state index contributed by atoms with van der Waals surface area (Å²) in [7, 11) is 0. The molecule has 1 aromatic heterocycles. The number of hydrogen-bond donors (Lipinski definition) is 2. The molecule has 0 fully saturated rings. The van der Waals surface area contributed by atoms with Crippen molar-refractivity contribution in [2.45, 2.75) is 13.5 Å². The van der Waals surface area contributed by atoms with Crippen LogP contribution in [0, 0.1) is 3.95 Å². The van der Waals surface area contributed by atoms with Crippen molar-refractivity contribution in [2.24, 2.45) is 5.10 Å². The Morgan fingerprint density at radius 3 is 2.86 bits per heavy atom. The average molecular weight is 337 g/mol. The number of hydrazone groups is 1. The molecule has 0 saturated heterocycles. The predicted molar refractivity (Wildman–Crippen MR) is 88.2 cm³/mol. The van der Waals surface area contributed by atoms with Gasteiger partial charge in [-0.2, -0.15) is 5.10 Å². The van der Waals surface area contributed by atoms with E-state index in [1.54, 1.807) is 16.7 Å². The molecule has 0 radical (unpaired) electrons. The van der Waals surface area contributed by atoms with Gasteiger partial charge in [-0.15, -0.1) is 0 Å². The van der Waals surface area contributed by atoms with Crippen molar-refractivity contribution in [1.82, 2.24) is 9.99 Å². The summed E-state index contributed by atoms with van der Waals surface area (Å²) in [4.78, 5) is 12.1. The van der Waals surface area contributed by atoms with Gasteiger partial charge >= 0.3 is 0 Å². The van der Waals surface area contributed by atoms with Crippen molar-refractivity contribution < 1.29 is 14.6 Å². The summed E-state index contributed by atoms with van der Waals surface area (Å²) < 4.78 is 7.42. The van der Waals surface area contributed by atoms with E-state index in [1.807, 2.05) is 25.1 Å². The van der Waals surface area contributed by atoms with Crippen molar-refractivity contribution in [3.8, 4) is 11.6 Å². The zero-order valence-electron chi connectivity index (χ0n) is 11.9. The fourth-order valence-corrected chi connectivity index (χ4v) is 2.94. The maximum Gasteiger partial charge on any atom is 0.277 e. The number of ether oxygens (including phenoxy) is 1. The Bertz CT molecular complexity index is 723. The van der Waals surface area contributed by atoms with Gasteiger partial charge in [0.15, 0.2) is 10.6 Å². The molecule has 0 saturated carbocycles. The van der Waals surface area contributed by atoms with Crippen LogP contribution < -0.4 is 10.2 Å². The standard InChI is InChI=1S/C14H15N3O3S2/c1-2-17-13(19)11(22-14(17)21)8-15-16-12(18)9-20-10-6-4-3-5-7-10/h3-8,19H,2,9H2,1H3,(H,16,18). The lowest BCUT2D eigenvalue weighted by Crippen LogP contribution is -2.24. The van der Waals surface area contributed by atoms with Crippen LogP contribution in [-0.4, -0.2) is 28.4 Å². The fraction of sp³-hybridized carbons (Fsp3) is 0.214. The summed E-state index contributed by atoms with van der Waals surface area (Å²) in [6.07, 6.45) is 1.36. The molecule has 22 heavy (non-hydrogen) atoms. The SMILES string of the molecule is CCn1c(O)c(C=NNC(=O)COc2ccccc2)sc1=S. The van der Waals surface area contributed by atoms with E-state index in [0.717, 1.165) is 0 Å². The van der Waals surface area contributed by atoms with Gasteiger partial charge in [-0.25, -0.2) is 5.43 Å². The number of nitrogens with zero attached hydrogens (tertiary/aromatic N) is 2. The molecule has 0 aliphatic heterocycles. The highest BCUT2D eigenvalue weighted by Crippen LogP contribution is 2.23. The van der Waals surface area contributed by atoms with Crippen molar-refractivity contribution in [3.63, 3.8) is 0 Å². The summed E-state index contributed by atoms with van der Waals surface area (Å²) in [5.74, 6) is 0.270. The first-order chi connectivity index (χ1) is 10.6. The smallest absolute Gasteiger partial charge is 0.277 e. The van der Waals surface area contributed by atoms with Gasteiger partial charge in [0.25, 0.3) is 5.91 Å². The van der Waals surface area contributed by atoms with E-state index in [2.05, 4.69) is 10.5 Å². The first kappa shape index (κ1) is 16.2. The molecule has 0 unspecified atom stereocenters. The molecule has 2 aromatic rings. The molecule has 0 spiro atoms. The number of nitrogens with one attached hydrogen (secondary N) is 1. The number of aromatic nitrogens is 1. The average Bonchev–Trinajstić information content (AvgIpc) is 2.80. The number of thiazole rings is 1. The summed E-state index contributed by atoms with van der Waals surface area (Å²) >= 11 is 6.33. The summed E-state index contributed by atoms with van der Waals surface area (Å²) in [6, 6.07) is 9.02.